The molecule has 1 aromatic heterocycles. The third kappa shape index (κ3) is 10.4. The number of nitrogens with zero attached hydrogens (tertiary/aromatic N) is 5. The van der Waals surface area contributed by atoms with Crippen molar-refractivity contribution in [2.24, 2.45) is 0 Å². The first-order valence-corrected chi connectivity index (χ1v) is 26.7. The predicted molar refractivity (Wildman–Crippen MR) is 275 cm³/mol. The summed E-state index contributed by atoms with van der Waals surface area (Å²) in [6, 6.07) is 22.3. The molecule has 71 heavy (non-hydrogen) atoms. The van der Waals surface area contributed by atoms with E-state index in [-0.39, 0.29) is 92.6 Å². The lowest BCUT2D eigenvalue weighted by atomic mass is 9.86. The van der Waals surface area contributed by atoms with Gasteiger partial charge in [0.2, 0.25) is 11.8 Å². The van der Waals surface area contributed by atoms with Crippen LogP contribution in [0, 0.1) is 5.82 Å². The lowest BCUT2D eigenvalue weighted by Gasteiger charge is -2.38. The van der Waals surface area contributed by atoms with Crippen molar-refractivity contribution >= 4 is 70.6 Å². The summed E-state index contributed by atoms with van der Waals surface area (Å²) in [7, 11) is 5.66. The maximum absolute atomic E-state index is 15.0. The number of nitrogens with one attached hydrogen (secondary N) is 3. The fraction of sp³-hybridized carbons (Fsp3) is 0.296. The highest BCUT2D eigenvalue weighted by molar-refractivity contribution is 6.98. The molecule has 4 aromatic carbocycles. The molecule has 1 aliphatic carbocycles. The first-order chi connectivity index (χ1) is 33.9. The highest BCUT2D eigenvalue weighted by atomic mass is 28.3. The van der Waals surface area contributed by atoms with Crippen LogP contribution in [0.15, 0.2) is 113 Å². The zero-order chi connectivity index (χ0) is 50.7. The number of carboxylic acids is 1. The molecule has 0 unspecified atom stereocenters. The van der Waals surface area contributed by atoms with Crippen LogP contribution in [-0.4, -0.2) is 141 Å². The van der Waals surface area contributed by atoms with E-state index in [9.17, 15) is 33.9 Å². The molecule has 8 rings (SSSR count). The molecule has 2 aliphatic heterocycles. The van der Waals surface area contributed by atoms with E-state index in [1.54, 1.807) is 35.2 Å². The third-order valence-electron chi connectivity index (χ3n) is 13.6. The Morgan fingerprint density at radius 1 is 0.831 bits per heavy atom. The van der Waals surface area contributed by atoms with Crippen LogP contribution in [0.5, 0.6) is 0 Å². The Balaban J connectivity index is 0.830. The van der Waals surface area contributed by atoms with Gasteiger partial charge < -0.3 is 30.4 Å². The van der Waals surface area contributed by atoms with Crippen molar-refractivity contribution in [1.29, 1.82) is 0 Å². The number of fused-ring (bicyclic) bond motifs is 3. The summed E-state index contributed by atoms with van der Waals surface area (Å²) >= 11 is 0. The van der Waals surface area contributed by atoms with Crippen LogP contribution in [0.2, 0.25) is 13.1 Å². The third-order valence-corrected chi connectivity index (χ3v) is 17.1. The number of H-pyrrole nitrogens is 1. The normalized spacial score (nSPS) is 14.9. The number of carbonyl (C=O) groups is 5. The van der Waals surface area contributed by atoms with Crippen LogP contribution < -0.4 is 26.3 Å². The summed E-state index contributed by atoms with van der Waals surface area (Å²) in [5.41, 5.74) is 6.37. The van der Waals surface area contributed by atoms with Gasteiger partial charge in [-0.3, -0.25) is 24.0 Å². The standard InChI is InChI=1S/C54H57FN8O7Si/c1-60(2)35-16-19-40-46(31-35)71(5,6)47-32-36(61(3)4)17-20-41(47)50(40)42-30-34(15-18-39(42)54(69)70)51(66)57-23-22-56-48(64)12-9-13-49(65)62-24-26-63(27-25-62)53(68)43-28-33(14-21-44(43)55)29-45-37-10-7-8-11-38(37)52(67)59-58-45/h7-8,10-11,14-21,28,30-32H,9,12-13,22-27,29H2,1-6H3,(H3-,56,57,59,64,66,67,69,70)/p+1. The Kier molecular flexibility index (Phi) is 14.4. The quantitative estimate of drug-likeness (QED) is 0.0683. The first-order valence-electron chi connectivity index (χ1n) is 23.7. The minimum atomic E-state index is -2.31. The maximum Gasteiger partial charge on any atom is 0.336 e. The second kappa shape index (κ2) is 20.7. The molecule has 5 aromatic rings. The topological polar surface area (TPSA) is 188 Å². The number of hydrogen-bond acceptors (Lipinski definition) is 8. The van der Waals surface area contributed by atoms with Gasteiger partial charge in [-0.15, -0.1) is 0 Å². The van der Waals surface area contributed by atoms with Crippen molar-refractivity contribution in [3.8, 4) is 0 Å². The minimum absolute atomic E-state index is 0.0779. The van der Waals surface area contributed by atoms with Gasteiger partial charge in [0.15, 0.2) is 5.71 Å². The van der Waals surface area contributed by atoms with Crippen molar-refractivity contribution in [3.63, 3.8) is 0 Å². The first kappa shape index (κ1) is 49.6. The maximum atomic E-state index is 15.0. The monoisotopic (exact) mass is 977 g/mol. The molecule has 0 radical (unpaired) electrons. The Bertz CT molecular complexity index is 3200. The van der Waals surface area contributed by atoms with E-state index in [2.05, 4.69) is 67.7 Å². The molecule has 0 atom stereocenters. The molecule has 17 heteroatoms. The van der Waals surface area contributed by atoms with Gasteiger partial charge in [0.1, 0.15) is 28.0 Å². The molecule has 1 saturated heterocycles. The predicted octanol–water partition coefficient (Wildman–Crippen LogP) is 4.90. The van der Waals surface area contributed by atoms with Gasteiger partial charge in [-0.25, -0.2) is 18.9 Å². The van der Waals surface area contributed by atoms with Crippen molar-refractivity contribution < 1.29 is 38.0 Å². The summed E-state index contributed by atoms with van der Waals surface area (Å²) in [5.74, 6) is -3.10. The summed E-state index contributed by atoms with van der Waals surface area (Å²) in [6.07, 6.45) is 7.08. The van der Waals surface area contributed by atoms with Gasteiger partial charge in [0.05, 0.1) is 22.2 Å². The van der Waals surface area contributed by atoms with E-state index < -0.39 is 31.7 Å². The van der Waals surface area contributed by atoms with Crippen LogP contribution in [0.3, 0.4) is 0 Å². The average molecular weight is 978 g/mol. The molecule has 4 N–H and O–H groups in total. The molecule has 0 spiro atoms. The lowest BCUT2D eigenvalue weighted by Crippen LogP contribution is -2.50. The zero-order valence-corrected chi connectivity index (χ0v) is 41.8. The zero-order valence-electron chi connectivity index (χ0n) is 40.8. The molecule has 1 fully saturated rings. The fourth-order valence-corrected chi connectivity index (χ4v) is 12.6. The highest BCUT2D eigenvalue weighted by Gasteiger charge is 2.41. The molecular weight excluding hydrogens is 920 g/mol. The summed E-state index contributed by atoms with van der Waals surface area (Å²) in [5, 5.41) is 26.3. The number of anilines is 1. The Labute approximate surface area is 412 Å². The van der Waals surface area contributed by atoms with E-state index in [0.29, 0.717) is 34.0 Å². The van der Waals surface area contributed by atoms with Crippen molar-refractivity contribution in [2.45, 2.75) is 38.8 Å². The van der Waals surface area contributed by atoms with E-state index in [1.807, 2.05) is 46.4 Å². The molecule has 3 heterocycles. The molecule has 4 amide bonds. The number of allylic oxidation sites excluding steroid dienone is 5. The van der Waals surface area contributed by atoms with Gasteiger partial charge in [0, 0.05) is 101 Å². The van der Waals surface area contributed by atoms with Gasteiger partial charge >= 0.3 is 5.97 Å². The molecule has 0 bridgehead atoms. The van der Waals surface area contributed by atoms with Crippen LogP contribution in [0.1, 0.15) is 72.7 Å². The van der Waals surface area contributed by atoms with Gasteiger partial charge in [-0.1, -0.05) is 43.4 Å². The minimum Gasteiger partial charge on any atom is -0.478 e. The lowest BCUT2D eigenvalue weighted by molar-refractivity contribution is -0.462. The number of hydrogen-bond donors (Lipinski definition) is 4. The van der Waals surface area contributed by atoms with Crippen molar-refractivity contribution in [2.75, 3.05) is 72.4 Å². The Morgan fingerprint density at radius 2 is 1.55 bits per heavy atom. The Hall–Kier alpha value is -7.79. The van der Waals surface area contributed by atoms with Gasteiger partial charge in [-0.2, -0.15) is 5.10 Å². The van der Waals surface area contributed by atoms with Crippen molar-refractivity contribution in [3.05, 3.63) is 163 Å². The number of aromatic amines is 1. The van der Waals surface area contributed by atoms with Crippen molar-refractivity contribution in [1.82, 2.24) is 30.6 Å². The number of amides is 4. The van der Waals surface area contributed by atoms with E-state index in [4.69, 9.17) is 0 Å². The van der Waals surface area contributed by atoms with Crippen LogP contribution in [-0.2, 0) is 16.0 Å². The average Bonchev–Trinajstić information content (AvgIpc) is 3.36. The molecule has 3 aliphatic rings. The number of rotatable bonds is 14. The smallest absolute Gasteiger partial charge is 0.336 e. The second-order valence-corrected chi connectivity index (χ2v) is 23.3. The van der Waals surface area contributed by atoms with E-state index in [0.717, 1.165) is 28.1 Å². The van der Waals surface area contributed by atoms with Crippen LogP contribution in [0.4, 0.5) is 10.1 Å². The SMILES string of the molecule is CN(C)c1ccc2c(c1)[Si](C)(C)C1=CC(=[N+](C)C)C=CC1=C2c1cc(C(=O)NCCNC(=O)CCCC(=O)N2CCN(C(=O)c3cc(Cc4n[nH]c(=O)c5ccccc45)ccc3F)CC2)ccc1C(=O)O. The van der Waals surface area contributed by atoms with Gasteiger partial charge in [0.25, 0.3) is 17.4 Å². The summed E-state index contributed by atoms with van der Waals surface area (Å²) in [4.78, 5) is 83.3. The van der Waals surface area contributed by atoms with Crippen LogP contribution in [0.25, 0.3) is 16.3 Å². The number of piperazine rings is 1. The molecule has 15 nitrogen and oxygen atoms in total. The number of carboxylic acid groups (broad SMARTS) is 1. The summed E-state index contributed by atoms with van der Waals surface area (Å²) in [6.45, 7) is 5.83. The summed E-state index contributed by atoms with van der Waals surface area (Å²) < 4.78 is 17.1. The molecule has 0 saturated carbocycles. The fourth-order valence-electron chi connectivity index (χ4n) is 9.55. The number of benzene rings is 4. The number of aromatic carboxylic acids is 1. The Morgan fingerprint density at radius 3 is 2.27 bits per heavy atom. The number of aromatic nitrogens is 2. The van der Waals surface area contributed by atoms with E-state index >= 15 is 4.39 Å². The molecular formula is C54H58FN8O7Si+. The van der Waals surface area contributed by atoms with E-state index in [1.165, 1.54) is 39.5 Å². The largest absolute Gasteiger partial charge is 0.478 e. The molecule has 366 valence electrons. The van der Waals surface area contributed by atoms with Crippen LogP contribution >= 0.6 is 0 Å². The number of halogens is 1. The number of carbonyl (C=O) groups excluding carboxylic acids is 4. The highest BCUT2D eigenvalue weighted by Crippen LogP contribution is 2.43. The second-order valence-electron chi connectivity index (χ2n) is 19.0. The van der Waals surface area contributed by atoms with Gasteiger partial charge in [-0.05, 0) is 99.2 Å².